The van der Waals surface area contributed by atoms with Crippen LogP contribution in [0.1, 0.15) is 64.7 Å². The quantitative estimate of drug-likeness (QED) is 0.665. The molecule has 0 fully saturated rings. The average molecular weight is 223 g/mol. The minimum atomic E-state index is 0.316. The second-order valence-corrected chi connectivity index (χ2v) is 4.65. The Balaban J connectivity index is 2.16. The molecule has 16 heavy (non-hydrogen) atoms. The fourth-order valence-corrected chi connectivity index (χ4v) is 2.01. The fraction of sp³-hybridized carbons (Fsp3) is 0.714. The summed E-state index contributed by atoms with van der Waals surface area (Å²) >= 11 is 0. The third-order valence-corrected chi connectivity index (χ3v) is 3.00. The minimum Gasteiger partial charge on any atom is -0.468 e. The van der Waals surface area contributed by atoms with Gasteiger partial charge in [0.1, 0.15) is 5.76 Å². The van der Waals surface area contributed by atoms with Crippen molar-refractivity contribution in [3.8, 4) is 0 Å². The van der Waals surface area contributed by atoms with Crippen molar-refractivity contribution in [2.24, 2.45) is 0 Å². The molecule has 0 aliphatic carbocycles. The van der Waals surface area contributed by atoms with Crippen LogP contribution < -0.4 is 5.32 Å². The SMILES string of the molecule is CCCCCCC(C)N[C@@H](C)c1ccco1. The standard InChI is InChI=1S/C14H25NO/c1-4-5-6-7-9-12(2)15-13(3)14-10-8-11-16-14/h8,10-13,15H,4-7,9H2,1-3H3/t12?,13-/m0/s1. The topological polar surface area (TPSA) is 25.2 Å². The van der Waals surface area contributed by atoms with E-state index in [1.807, 2.05) is 12.1 Å². The zero-order valence-electron chi connectivity index (χ0n) is 10.8. The van der Waals surface area contributed by atoms with Crippen molar-refractivity contribution in [1.29, 1.82) is 0 Å². The van der Waals surface area contributed by atoms with Gasteiger partial charge in [0.25, 0.3) is 0 Å². The Labute approximate surface area is 99.4 Å². The predicted molar refractivity (Wildman–Crippen MR) is 68.5 cm³/mol. The number of rotatable bonds is 8. The zero-order valence-corrected chi connectivity index (χ0v) is 10.8. The van der Waals surface area contributed by atoms with E-state index in [9.17, 15) is 0 Å². The van der Waals surface area contributed by atoms with Crippen molar-refractivity contribution < 1.29 is 4.42 Å². The van der Waals surface area contributed by atoms with Gasteiger partial charge in [-0.1, -0.05) is 32.6 Å². The predicted octanol–water partition coefficient (Wildman–Crippen LogP) is 4.29. The third-order valence-electron chi connectivity index (χ3n) is 3.00. The van der Waals surface area contributed by atoms with Crippen LogP contribution in [0.25, 0.3) is 0 Å². The molecule has 2 atom stereocenters. The molecule has 1 rings (SSSR count). The lowest BCUT2D eigenvalue weighted by Crippen LogP contribution is -2.28. The van der Waals surface area contributed by atoms with Crippen molar-refractivity contribution in [2.45, 2.75) is 65.0 Å². The number of furan rings is 1. The van der Waals surface area contributed by atoms with Crippen LogP contribution in [0.4, 0.5) is 0 Å². The largest absolute Gasteiger partial charge is 0.468 e. The van der Waals surface area contributed by atoms with Gasteiger partial charge < -0.3 is 9.73 Å². The molecule has 2 heteroatoms. The first kappa shape index (κ1) is 13.3. The van der Waals surface area contributed by atoms with E-state index in [0.717, 1.165) is 5.76 Å². The number of hydrogen-bond acceptors (Lipinski definition) is 2. The van der Waals surface area contributed by atoms with Crippen LogP contribution in [0, 0.1) is 0 Å². The summed E-state index contributed by atoms with van der Waals surface area (Å²) < 4.78 is 5.38. The Hall–Kier alpha value is -0.760. The van der Waals surface area contributed by atoms with E-state index >= 15 is 0 Å². The lowest BCUT2D eigenvalue weighted by atomic mass is 10.1. The maximum atomic E-state index is 5.38. The number of nitrogens with one attached hydrogen (secondary N) is 1. The van der Waals surface area contributed by atoms with Gasteiger partial charge in [-0.15, -0.1) is 0 Å². The maximum absolute atomic E-state index is 5.38. The lowest BCUT2D eigenvalue weighted by molar-refractivity contribution is 0.381. The van der Waals surface area contributed by atoms with E-state index in [1.54, 1.807) is 6.26 Å². The van der Waals surface area contributed by atoms with Crippen molar-refractivity contribution in [1.82, 2.24) is 5.32 Å². The van der Waals surface area contributed by atoms with Gasteiger partial charge in [-0.3, -0.25) is 0 Å². The highest BCUT2D eigenvalue weighted by molar-refractivity contribution is 5.03. The monoisotopic (exact) mass is 223 g/mol. The van der Waals surface area contributed by atoms with Crippen LogP contribution in [0.5, 0.6) is 0 Å². The van der Waals surface area contributed by atoms with E-state index in [2.05, 4.69) is 26.1 Å². The van der Waals surface area contributed by atoms with E-state index in [4.69, 9.17) is 4.42 Å². The highest BCUT2D eigenvalue weighted by Crippen LogP contribution is 2.14. The molecule has 0 amide bonds. The summed E-state index contributed by atoms with van der Waals surface area (Å²) in [6, 6.07) is 4.86. The van der Waals surface area contributed by atoms with Crippen LogP contribution in [0.15, 0.2) is 22.8 Å². The van der Waals surface area contributed by atoms with Gasteiger partial charge >= 0.3 is 0 Å². The maximum Gasteiger partial charge on any atom is 0.120 e. The molecule has 1 aromatic rings. The molecule has 0 aromatic carbocycles. The van der Waals surface area contributed by atoms with E-state index in [0.29, 0.717) is 12.1 Å². The summed E-state index contributed by atoms with van der Waals surface area (Å²) in [7, 11) is 0. The molecule has 0 aliphatic heterocycles. The number of hydrogen-bond donors (Lipinski definition) is 1. The Kier molecular flexibility index (Phi) is 6.24. The molecule has 1 heterocycles. The summed E-state index contributed by atoms with van der Waals surface area (Å²) in [4.78, 5) is 0. The normalized spacial score (nSPS) is 14.9. The van der Waals surface area contributed by atoms with Gasteiger partial charge in [0.05, 0.1) is 12.3 Å². The van der Waals surface area contributed by atoms with Crippen LogP contribution in [0.2, 0.25) is 0 Å². The van der Waals surface area contributed by atoms with E-state index < -0.39 is 0 Å². The van der Waals surface area contributed by atoms with Crippen molar-refractivity contribution in [3.05, 3.63) is 24.2 Å². The van der Waals surface area contributed by atoms with Crippen molar-refractivity contribution in [2.75, 3.05) is 0 Å². The second-order valence-electron chi connectivity index (χ2n) is 4.65. The fourth-order valence-electron chi connectivity index (χ4n) is 2.01. The molecule has 1 unspecified atom stereocenters. The summed E-state index contributed by atoms with van der Waals surface area (Å²) in [6.07, 6.45) is 8.35. The van der Waals surface area contributed by atoms with Gasteiger partial charge in [-0.2, -0.15) is 0 Å². The molecule has 0 aliphatic rings. The third kappa shape index (κ3) is 4.84. The first-order chi connectivity index (χ1) is 7.74. The lowest BCUT2D eigenvalue weighted by Gasteiger charge is -2.18. The molecule has 1 aromatic heterocycles. The molecular formula is C14H25NO. The van der Waals surface area contributed by atoms with Crippen LogP contribution >= 0.6 is 0 Å². The van der Waals surface area contributed by atoms with Gasteiger partial charge in [0.2, 0.25) is 0 Å². The smallest absolute Gasteiger partial charge is 0.120 e. The van der Waals surface area contributed by atoms with Gasteiger partial charge in [-0.25, -0.2) is 0 Å². The van der Waals surface area contributed by atoms with E-state index in [-0.39, 0.29) is 0 Å². The van der Waals surface area contributed by atoms with Crippen LogP contribution in [-0.2, 0) is 0 Å². The van der Waals surface area contributed by atoms with Crippen molar-refractivity contribution in [3.63, 3.8) is 0 Å². The zero-order chi connectivity index (χ0) is 11.8. The molecule has 92 valence electrons. The molecule has 0 spiro atoms. The van der Waals surface area contributed by atoms with Crippen LogP contribution in [-0.4, -0.2) is 6.04 Å². The van der Waals surface area contributed by atoms with Crippen LogP contribution in [0.3, 0.4) is 0 Å². The highest BCUT2D eigenvalue weighted by Gasteiger charge is 2.10. The average Bonchev–Trinajstić information content (AvgIpc) is 2.77. The summed E-state index contributed by atoms with van der Waals surface area (Å²) in [5, 5.41) is 3.57. The first-order valence-corrected chi connectivity index (χ1v) is 6.53. The Morgan fingerprint density at radius 2 is 2.06 bits per heavy atom. The summed E-state index contributed by atoms with van der Waals surface area (Å²) in [5.74, 6) is 1.03. The Morgan fingerprint density at radius 3 is 2.69 bits per heavy atom. The summed E-state index contributed by atoms with van der Waals surface area (Å²) in [6.45, 7) is 6.66. The van der Waals surface area contributed by atoms with Gasteiger partial charge in [-0.05, 0) is 32.4 Å². The van der Waals surface area contributed by atoms with Gasteiger partial charge in [0, 0.05) is 6.04 Å². The van der Waals surface area contributed by atoms with Gasteiger partial charge in [0.15, 0.2) is 0 Å². The first-order valence-electron chi connectivity index (χ1n) is 6.53. The molecule has 0 saturated heterocycles. The molecular weight excluding hydrogens is 198 g/mol. The van der Waals surface area contributed by atoms with Crippen molar-refractivity contribution >= 4 is 0 Å². The van der Waals surface area contributed by atoms with E-state index in [1.165, 1.54) is 32.1 Å². The highest BCUT2D eigenvalue weighted by atomic mass is 16.3. The molecule has 0 radical (unpaired) electrons. The summed E-state index contributed by atoms with van der Waals surface area (Å²) in [5.41, 5.74) is 0. The molecule has 0 saturated carbocycles. The Morgan fingerprint density at radius 1 is 1.25 bits per heavy atom. The number of unbranched alkanes of at least 4 members (excludes halogenated alkanes) is 3. The molecule has 2 nitrogen and oxygen atoms in total. The Bertz CT molecular complexity index is 256. The molecule has 1 N–H and O–H groups in total. The molecule has 0 bridgehead atoms. The second kappa shape index (κ2) is 7.50. The minimum absolute atomic E-state index is 0.316.